The van der Waals surface area contributed by atoms with Crippen molar-refractivity contribution in [1.29, 1.82) is 0 Å². The van der Waals surface area contributed by atoms with Gasteiger partial charge in [-0.25, -0.2) is 9.97 Å². The number of amides is 1. The molecule has 0 bridgehead atoms. The molecule has 1 aromatic heterocycles. The van der Waals surface area contributed by atoms with Gasteiger partial charge in [-0.15, -0.1) is 0 Å². The number of halogens is 2. The summed E-state index contributed by atoms with van der Waals surface area (Å²) in [6.45, 7) is 1.73. The van der Waals surface area contributed by atoms with E-state index in [0.717, 1.165) is 5.69 Å². The highest BCUT2D eigenvalue weighted by Crippen LogP contribution is 2.31. The molecule has 1 N–H and O–H groups in total. The number of benzene rings is 2. The lowest BCUT2D eigenvalue weighted by molar-refractivity contribution is 0.0988. The number of carbonyl (C=O) groups excluding carboxylic acids is 1. The van der Waals surface area contributed by atoms with Crippen LogP contribution in [0.5, 0.6) is 0 Å². The Labute approximate surface area is 161 Å². The molecular formula is C19H16Cl2N4O. The molecule has 26 heavy (non-hydrogen) atoms. The number of hydrogen-bond acceptors (Lipinski definition) is 4. The number of aromatic nitrogens is 2. The molecule has 132 valence electrons. The van der Waals surface area contributed by atoms with Crippen LogP contribution in [-0.4, -0.2) is 22.9 Å². The molecule has 3 rings (SSSR count). The van der Waals surface area contributed by atoms with Crippen LogP contribution in [0.3, 0.4) is 0 Å². The van der Waals surface area contributed by atoms with E-state index in [1.165, 1.54) is 4.90 Å². The number of aryl methyl sites for hydroxylation is 1. The molecule has 0 unspecified atom stereocenters. The van der Waals surface area contributed by atoms with Gasteiger partial charge in [0.2, 0.25) is 0 Å². The Balaban J connectivity index is 1.90. The van der Waals surface area contributed by atoms with E-state index < -0.39 is 0 Å². The largest absolute Gasteiger partial charge is 0.339 e. The molecule has 0 saturated heterocycles. The van der Waals surface area contributed by atoms with E-state index in [4.69, 9.17) is 23.2 Å². The second-order valence-electron chi connectivity index (χ2n) is 5.61. The summed E-state index contributed by atoms with van der Waals surface area (Å²) in [4.78, 5) is 22.9. The second-order valence-corrected chi connectivity index (χ2v) is 6.40. The first kappa shape index (κ1) is 18.2. The van der Waals surface area contributed by atoms with E-state index in [0.29, 0.717) is 27.4 Å². The van der Waals surface area contributed by atoms with Crippen molar-refractivity contribution in [3.05, 3.63) is 76.2 Å². The summed E-state index contributed by atoms with van der Waals surface area (Å²) in [6.07, 6.45) is 0. The fraction of sp³-hybridized carbons (Fsp3) is 0.105. The Bertz CT molecular complexity index is 948. The van der Waals surface area contributed by atoms with E-state index in [-0.39, 0.29) is 11.6 Å². The van der Waals surface area contributed by atoms with Crippen LogP contribution in [0, 0.1) is 6.92 Å². The highest BCUT2D eigenvalue weighted by atomic mass is 35.5. The molecule has 0 saturated carbocycles. The molecule has 0 aliphatic heterocycles. The van der Waals surface area contributed by atoms with Gasteiger partial charge in [-0.3, -0.25) is 4.79 Å². The third kappa shape index (κ3) is 3.95. The minimum absolute atomic E-state index is 0.234. The topological polar surface area (TPSA) is 58.1 Å². The van der Waals surface area contributed by atoms with Crippen molar-refractivity contribution in [1.82, 2.24) is 9.97 Å². The molecule has 3 aromatic rings. The molecule has 7 heteroatoms. The summed E-state index contributed by atoms with van der Waals surface area (Å²) in [6, 6.07) is 16.2. The smallest absolute Gasteiger partial charge is 0.276 e. The third-order valence-corrected chi connectivity index (χ3v) is 4.54. The molecule has 0 aliphatic rings. The summed E-state index contributed by atoms with van der Waals surface area (Å²) in [7, 11) is 1.70. The Morgan fingerprint density at radius 2 is 1.77 bits per heavy atom. The predicted octanol–water partition coefficient (Wildman–Crippen LogP) is 5.11. The SMILES string of the molecule is Cc1nc(Nc2cccc(Cl)c2Cl)cc(C(=O)N(C)c2ccccc2)n1. The van der Waals surface area contributed by atoms with Gasteiger partial charge in [-0.05, 0) is 31.2 Å². The molecule has 1 heterocycles. The van der Waals surface area contributed by atoms with Gasteiger partial charge < -0.3 is 10.2 Å². The normalized spacial score (nSPS) is 10.5. The Morgan fingerprint density at radius 3 is 2.50 bits per heavy atom. The van der Waals surface area contributed by atoms with Crippen LogP contribution < -0.4 is 10.2 Å². The van der Waals surface area contributed by atoms with Crippen molar-refractivity contribution in [2.24, 2.45) is 0 Å². The summed E-state index contributed by atoms with van der Waals surface area (Å²) < 4.78 is 0. The number of anilines is 3. The lowest BCUT2D eigenvalue weighted by Gasteiger charge is -2.17. The monoisotopic (exact) mass is 386 g/mol. The van der Waals surface area contributed by atoms with Crippen molar-refractivity contribution in [3.8, 4) is 0 Å². The Hall–Kier alpha value is -2.63. The van der Waals surface area contributed by atoms with E-state index in [1.807, 2.05) is 30.3 Å². The second kappa shape index (κ2) is 7.72. The van der Waals surface area contributed by atoms with Crippen LogP contribution in [0.4, 0.5) is 17.2 Å². The molecule has 1 amide bonds. The van der Waals surface area contributed by atoms with Crippen molar-refractivity contribution < 1.29 is 4.79 Å². The van der Waals surface area contributed by atoms with Gasteiger partial charge in [0.25, 0.3) is 5.91 Å². The van der Waals surface area contributed by atoms with Gasteiger partial charge in [-0.2, -0.15) is 0 Å². The highest BCUT2D eigenvalue weighted by Gasteiger charge is 2.17. The van der Waals surface area contributed by atoms with Crippen LogP contribution >= 0.6 is 23.2 Å². The molecule has 0 fully saturated rings. The minimum atomic E-state index is -0.234. The summed E-state index contributed by atoms with van der Waals surface area (Å²) >= 11 is 12.2. The van der Waals surface area contributed by atoms with Crippen LogP contribution in [0.1, 0.15) is 16.3 Å². The lowest BCUT2D eigenvalue weighted by atomic mass is 10.2. The first-order chi connectivity index (χ1) is 12.5. The fourth-order valence-electron chi connectivity index (χ4n) is 2.42. The van der Waals surface area contributed by atoms with Gasteiger partial charge in [0.15, 0.2) is 0 Å². The van der Waals surface area contributed by atoms with Gasteiger partial charge >= 0.3 is 0 Å². The fourth-order valence-corrected chi connectivity index (χ4v) is 2.77. The van der Waals surface area contributed by atoms with E-state index in [1.54, 1.807) is 38.2 Å². The standard InChI is InChI=1S/C19H16Cl2N4O/c1-12-22-16(19(26)25(2)13-7-4-3-5-8-13)11-17(23-12)24-15-10-6-9-14(20)18(15)21/h3-11H,1-2H3,(H,22,23,24). The minimum Gasteiger partial charge on any atom is -0.339 e. The maximum atomic E-state index is 12.8. The first-order valence-corrected chi connectivity index (χ1v) is 8.61. The van der Waals surface area contributed by atoms with Gasteiger partial charge in [-0.1, -0.05) is 47.5 Å². The molecular weight excluding hydrogens is 371 g/mol. The molecule has 0 atom stereocenters. The molecule has 2 aromatic carbocycles. The lowest BCUT2D eigenvalue weighted by Crippen LogP contribution is -2.27. The number of para-hydroxylation sites is 1. The van der Waals surface area contributed by atoms with Crippen molar-refractivity contribution >= 4 is 46.3 Å². The quantitative estimate of drug-likeness (QED) is 0.676. The zero-order valence-corrected chi connectivity index (χ0v) is 15.7. The van der Waals surface area contributed by atoms with Gasteiger partial charge in [0.1, 0.15) is 17.3 Å². The third-order valence-electron chi connectivity index (χ3n) is 3.72. The van der Waals surface area contributed by atoms with Crippen LogP contribution in [0.2, 0.25) is 10.0 Å². The maximum absolute atomic E-state index is 12.8. The highest BCUT2D eigenvalue weighted by molar-refractivity contribution is 6.43. The number of hydrogen-bond donors (Lipinski definition) is 1. The zero-order valence-electron chi connectivity index (χ0n) is 14.2. The van der Waals surface area contributed by atoms with E-state index in [9.17, 15) is 4.79 Å². The van der Waals surface area contributed by atoms with Crippen molar-refractivity contribution in [3.63, 3.8) is 0 Å². The summed E-state index contributed by atoms with van der Waals surface area (Å²) in [5, 5.41) is 3.91. The maximum Gasteiger partial charge on any atom is 0.276 e. The number of rotatable bonds is 4. The van der Waals surface area contributed by atoms with Gasteiger partial charge in [0.05, 0.1) is 15.7 Å². The van der Waals surface area contributed by atoms with Crippen LogP contribution in [0.25, 0.3) is 0 Å². The van der Waals surface area contributed by atoms with Crippen LogP contribution in [-0.2, 0) is 0 Å². The molecule has 0 aliphatic carbocycles. The number of nitrogens with one attached hydrogen (secondary N) is 1. The zero-order chi connectivity index (χ0) is 18.7. The first-order valence-electron chi connectivity index (χ1n) is 7.85. The van der Waals surface area contributed by atoms with E-state index in [2.05, 4.69) is 15.3 Å². The molecule has 5 nitrogen and oxygen atoms in total. The van der Waals surface area contributed by atoms with E-state index >= 15 is 0 Å². The van der Waals surface area contributed by atoms with Crippen molar-refractivity contribution in [2.45, 2.75) is 6.92 Å². The number of nitrogens with zero attached hydrogens (tertiary/aromatic N) is 3. The predicted molar refractivity (Wildman–Crippen MR) is 106 cm³/mol. The average Bonchev–Trinajstić information content (AvgIpc) is 2.64. The molecule has 0 spiro atoms. The van der Waals surface area contributed by atoms with Crippen molar-refractivity contribution in [2.75, 3.05) is 17.3 Å². The Kier molecular flexibility index (Phi) is 5.40. The average molecular weight is 387 g/mol. The summed E-state index contributed by atoms with van der Waals surface area (Å²) in [5.74, 6) is 0.700. The Morgan fingerprint density at radius 1 is 1.04 bits per heavy atom. The van der Waals surface area contributed by atoms with Crippen LogP contribution in [0.15, 0.2) is 54.6 Å². The number of carbonyl (C=O) groups is 1. The van der Waals surface area contributed by atoms with Gasteiger partial charge in [0, 0.05) is 18.8 Å². The summed E-state index contributed by atoms with van der Waals surface area (Å²) in [5.41, 5.74) is 1.66. The molecule has 0 radical (unpaired) electrons.